The minimum Gasteiger partial charge on any atom is -0.458 e. The zero-order chi connectivity index (χ0) is 33.1. The quantitative estimate of drug-likeness (QED) is 0.178. The fourth-order valence-corrected chi connectivity index (χ4v) is 8.49. The lowest BCUT2D eigenvalue weighted by Gasteiger charge is -2.34. The molecule has 6 heteroatoms. The van der Waals surface area contributed by atoms with Gasteiger partial charge >= 0.3 is 0 Å². The first-order valence-corrected chi connectivity index (χ1v) is 16.9. The Labute approximate surface area is 287 Å². The lowest BCUT2D eigenvalue weighted by Crippen LogP contribution is -2.57. The highest BCUT2D eigenvalue weighted by Crippen LogP contribution is 2.44. The Bertz CT molecular complexity index is 2970. The highest BCUT2D eigenvalue weighted by atomic mass is 16.5. The number of hydrogen-bond donors (Lipinski definition) is 0. The minimum atomic E-state index is -0.120. The molecule has 2 aliphatic rings. The van der Waals surface area contributed by atoms with Gasteiger partial charge in [0.15, 0.2) is 0 Å². The van der Waals surface area contributed by atoms with Crippen LogP contribution in [0.5, 0.6) is 23.0 Å². The zero-order valence-corrected chi connectivity index (χ0v) is 27.0. The molecule has 0 N–H and O–H groups in total. The van der Waals surface area contributed by atoms with E-state index in [2.05, 4.69) is 125 Å². The predicted octanol–water partition coefficient (Wildman–Crippen LogP) is 8.79. The summed E-state index contributed by atoms with van der Waals surface area (Å²) in [7, 11) is 0. The van der Waals surface area contributed by atoms with E-state index in [1.807, 2.05) is 36.4 Å². The summed E-state index contributed by atoms with van der Waals surface area (Å²) in [6, 6.07) is 51.2. The van der Waals surface area contributed by atoms with Gasteiger partial charge in [0.1, 0.15) is 34.6 Å². The molecule has 0 fully saturated rings. The first kappa shape index (κ1) is 27.3. The van der Waals surface area contributed by atoms with E-state index in [1.165, 1.54) is 16.3 Å². The van der Waals surface area contributed by atoms with Crippen molar-refractivity contribution < 1.29 is 9.47 Å². The summed E-state index contributed by atoms with van der Waals surface area (Å²) in [6.45, 7) is 2.02. The van der Waals surface area contributed by atoms with E-state index in [0.717, 1.165) is 66.4 Å². The maximum Gasteiger partial charge on any atom is 0.260 e. The molecule has 0 amide bonds. The summed E-state index contributed by atoms with van der Waals surface area (Å²) in [4.78, 5) is 0. The third kappa shape index (κ3) is 3.51. The van der Waals surface area contributed by atoms with Crippen LogP contribution < -0.4 is 25.9 Å². The molecule has 9 aromatic rings. The van der Waals surface area contributed by atoms with E-state index in [1.54, 1.807) is 0 Å². The van der Waals surface area contributed by atoms with Crippen LogP contribution >= 0.6 is 0 Å². The molecule has 0 atom stereocenters. The molecule has 0 unspecified atom stereocenters. The molecule has 232 valence electrons. The van der Waals surface area contributed by atoms with Gasteiger partial charge in [0.05, 0.1) is 33.4 Å². The van der Waals surface area contributed by atoms with Crippen LogP contribution in [-0.4, -0.2) is 15.8 Å². The smallest absolute Gasteiger partial charge is 0.260 e. The van der Waals surface area contributed by atoms with Gasteiger partial charge in [0, 0.05) is 33.1 Å². The van der Waals surface area contributed by atoms with Crippen molar-refractivity contribution in [3.05, 3.63) is 151 Å². The van der Waals surface area contributed by atoms with Gasteiger partial charge in [-0.1, -0.05) is 96.6 Å². The fraction of sp³-hybridized carbons (Fsp3) is 0.0227. The molecule has 0 spiro atoms. The summed E-state index contributed by atoms with van der Waals surface area (Å²) < 4.78 is 18.1. The maximum atomic E-state index is 11.1. The van der Waals surface area contributed by atoms with E-state index in [4.69, 9.17) is 9.47 Å². The Morgan fingerprint density at radius 1 is 0.540 bits per heavy atom. The van der Waals surface area contributed by atoms with Crippen LogP contribution in [0.1, 0.15) is 11.1 Å². The molecule has 0 saturated heterocycles. The number of ether oxygens (including phenoxy) is 2. The SMILES string of the molecule is Cc1ccc2c(c1)c1ccccc1n2-c1cccc2c3ccccc3n(-c3cc4c5c(c3C#N)Oc3ccccc3B5c3ccccc3O4)c12. The Morgan fingerprint density at radius 3 is 1.92 bits per heavy atom. The van der Waals surface area contributed by atoms with Crippen LogP contribution in [0.15, 0.2) is 140 Å². The monoisotopic (exact) mass is 639 g/mol. The largest absolute Gasteiger partial charge is 0.458 e. The summed E-state index contributed by atoms with van der Waals surface area (Å²) in [6.07, 6.45) is 0. The number of fused-ring (bicyclic) bond motifs is 10. The molecule has 2 aliphatic heterocycles. The number of nitriles is 1. The zero-order valence-electron chi connectivity index (χ0n) is 27.0. The first-order chi connectivity index (χ1) is 24.7. The molecule has 5 nitrogen and oxygen atoms in total. The van der Waals surface area contributed by atoms with E-state index in [-0.39, 0.29) is 6.71 Å². The lowest BCUT2D eigenvalue weighted by atomic mass is 9.34. The number of hydrogen-bond acceptors (Lipinski definition) is 3. The van der Waals surface area contributed by atoms with E-state index >= 15 is 0 Å². The molecule has 0 radical (unpaired) electrons. The van der Waals surface area contributed by atoms with E-state index in [9.17, 15) is 5.26 Å². The van der Waals surface area contributed by atoms with Gasteiger partial charge < -0.3 is 18.6 Å². The van der Waals surface area contributed by atoms with Crippen molar-refractivity contribution in [1.82, 2.24) is 9.13 Å². The standard InChI is InChI=1S/C44H26BN3O2/c1-26-21-22-36-30(23-26)28-12-3-6-16-34(28)47(36)37-18-10-13-29-27-11-2-7-17-35(27)48(43(29)37)38-24-41-42-44(31(38)25-46)50-40-20-9-5-15-33(40)45(42)32-14-4-8-19-39(32)49-41/h2-24H,1H3. The second-order valence-electron chi connectivity index (χ2n) is 13.2. The summed E-state index contributed by atoms with van der Waals surface area (Å²) in [5.41, 5.74) is 10.7. The van der Waals surface area contributed by atoms with Crippen molar-refractivity contribution in [3.8, 4) is 40.4 Å². The summed E-state index contributed by atoms with van der Waals surface area (Å²) in [5.74, 6) is 2.81. The fourth-order valence-electron chi connectivity index (χ4n) is 8.49. The van der Waals surface area contributed by atoms with Crippen molar-refractivity contribution in [1.29, 1.82) is 5.26 Å². The lowest BCUT2D eigenvalue weighted by molar-refractivity contribution is 0.463. The van der Waals surface area contributed by atoms with Crippen LogP contribution in [0.2, 0.25) is 0 Å². The van der Waals surface area contributed by atoms with Crippen molar-refractivity contribution in [2.75, 3.05) is 0 Å². The summed E-state index contributed by atoms with van der Waals surface area (Å²) in [5, 5.41) is 15.7. The Kier molecular flexibility index (Phi) is 5.41. The van der Waals surface area contributed by atoms with Crippen molar-refractivity contribution >= 4 is 66.7 Å². The number of aromatic nitrogens is 2. The number of rotatable bonds is 2. The van der Waals surface area contributed by atoms with Crippen LogP contribution in [0, 0.1) is 18.3 Å². The molecule has 4 heterocycles. The van der Waals surface area contributed by atoms with E-state index < -0.39 is 0 Å². The van der Waals surface area contributed by atoms with E-state index in [0.29, 0.717) is 22.7 Å². The Morgan fingerprint density at radius 2 is 1.16 bits per heavy atom. The predicted molar refractivity (Wildman–Crippen MR) is 202 cm³/mol. The molecule has 0 aliphatic carbocycles. The van der Waals surface area contributed by atoms with Gasteiger partial charge in [0.25, 0.3) is 6.71 Å². The number of benzene rings is 7. The van der Waals surface area contributed by atoms with Crippen molar-refractivity contribution in [2.45, 2.75) is 6.92 Å². The first-order valence-electron chi connectivity index (χ1n) is 16.9. The van der Waals surface area contributed by atoms with Gasteiger partial charge in [-0.3, -0.25) is 0 Å². The average Bonchev–Trinajstić information content (AvgIpc) is 3.67. The molecule has 50 heavy (non-hydrogen) atoms. The van der Waals surface area contributed by atoms with Gasteiger partial charge in [0.2, 0.25) is 0 Å². The van der Waals surface area contributed by atoms with Crippen molar-refractivity contribution in [2.24, 2.45) is 0 Å². The minimum absolute atomic E-state index is 0.120. The maximum absolute atomic E-state index is 11.1. The third-order valence-electron chi connectivity index (χ3n) is 10.5. The highest BCUT2D eigenvalue weighted by Gasteiger charge is 2.42. The Balaban J connectivity index is 1.29. The molecule has 7 aromatic carbocycles. The van der Waals surface area contributed by atoms with Gasteiger partial charge in [-0.05, 0) is 60.3 Å². The molecule has 2 aromatic heterocycles. The number of nitrogens with zero attached hydrogens (tertiary/aromatic N) is 3. The molecule has 11 rings (SSSR count). The molecule has 0 saturated carbocycles. The second kappa shape index (κ2) is 9.91. The average molecular weight is 640 g/mol. The second-order valence-corrected chi connectivity index (χ2v) is 13.2. The van der Waals surface area contributed by atoms with Crippen LogP contribution in [0.25, 0.3) is 55.0 Å². The molecular weight excluding hydrogens is 613 g/mol. The highest BCUT2D eigenvalue weighted by molar-refractivity contribution is 6.98. The Hall–Kier alpha value is -6.71. The van der Waals surface area contributed by atoms with Crippen LogP contribution in [0.3, 0.4) is 0 Å². The summed E-state index contributed by atoms with van der Waals surface area (Å²) >= 11 is 0. The third-order valence-corrected chi connectivity index (χ3v) is 10.5. The number of para-hydroxylation sites is 5. The number of aryl methyl sites for hydroxylation is 1. The topological polar surface area (TPSA) is 52.1 Å². The van der Waals surface area contributed by atoms with Crippen LogP contribution in [0.4, 0.5) is 0 Å². The van der Waals surface area contributed by atoms with Gasteiger partial charge in [-0.15, -0.1) is 0 Å². The normalized spacial score (nSPS) is 12.8. The van der Waals surface area contributed by atoms with Gasteiger partial charge in [-0.25, -0.2) is 0 Å². The van der Waals surface area contributed by atoms with Crippen molar-refractivity contribution in [3.63, 3.8) is 0 Å². The molecular formula is C44H26BN3O2. The van der Waals surface area contributed by atoms with Gasteiger partial charge in [-0.2, -0.15) is 5.26 Å². The van der Waals surface area contributed by atoms with Crippen LogP contribution in [-0.2, 0) is 0 Å². The molecule has 0 bridgehead atoms.